The van der Waals surface area contributed by atoms with Gasteiger partial charge in [0.05, 0.1) is 18.3 Å². The molecular formula is C10H19ClN4O. The van der Waals surface area contributed by atoms with Crippen LogP contribution < -0.4 is 11.1 Å². The van der Waals surface area contributed by atoms with Crippen LogP contribution in [0, 0.1) is 5.92 Å². The monoisotopic (exact) mass is 246 g/mol. The maximum absolute atomic E-state index is 11.5. The lowest BCUT2D eigenvalue weighted by molar-refractivity contribution is -0.123. The summed E-state index contributed by atoms with van der Waals surface area (Å²) in [7, 11) is 1.84. The second-order valence-corrected chi connectivity index (χ2v) is 3.93. The topological polar surface area (TPSA) is 72.9 Å². The number of nitrogens with one attached hydrogen (secondary N) is 1. The number of hydrogen-bond acceptors (Lipinski definition) is 3. The minimum atomic E-state index is -0.446. The van der Waals surface area contributed by atoms with Gasteiger partial charge in [0.15, 0.2) is 0 Å². The molecule has 1 atom stereocenters. The van der Waals surface area contributed by atoms with Crippen LogP contribution >= 0.6 is 12.4 Å². The molecule has 1 rings (SSSR count). The number of nitrogens with two attached hydrogens (primary N) is 1. The van der Waals surface area contributed by atoms with Crippen molar-refractivity contribution in [1.29, 1.82) is 0 Å². The van der Waals surface area contributed by atoms with Gasteiger partial charge in [-0.2, -0.15) is 5.10 Å². The lowest BCUT2D eigenvalue weighted by Crippen LogP contribution is -2.43. The van der Waals surface area contributed by atoms with Crippen LogP contribution in [0.4, 0.5) is 0 Å². The van der Waals surface area contributed by atoms with Crippen molar-refractivity contribution in [3.8, 4) is 0 Å². The van der Waals surface area contributed by atoms with Gasteiger partial charge in [-0.05, 0) is 12.0 Å². The molecule has 6 heteroatoms. The van der Waals surface area contributed by atoms with Crippen molar-refractivity contribution in [3.05, 3.63) is 18.0 Å². The molecule has 0 aliphatic carbocycles. The van der Waals surface area contributed by atoms with Crippen molar-refractivity contribution < 1.29 is 4.79 Å². The minimum absolute atomic E-state index is 0. The van der Waals surface area contributed by atoms with Gasteiger partial charge in [-0.25, -0.2) is 0 Å². The van der Waals surface area contributed by atoms with E-state index in [0.29, 0.717) is 6.54 Å². The number of amides is 1. The number of rotatable bonds is 4. The number of aryl methyl sites for hydroxylation is 1. The Kier molecular flexibility index (Phi) is 6.06. The largest absolute Gasteiger partial charge is 0.349 e. The summed E-state index contributed by atoms with van der Waals surface area (Å²) in [5, 5.41) is 6.79. The molecule has 0 spiro atoms. The number of halogens is 1. The van der Waals surface area contributed by atoms with Gasteiger partial charge in [0.25, 0.3) is 0 Å². The van der Waals surface area contributed by atoms with Crippen LogP contribution in [0.25, 0.3) is 0 Å². The molecule has 0 bridgehead atoms. The van der Waals surface area contributed by atoms with Gasteiger partial charge in [-0.3, -0.25) is 9.48 Å². The Morgan fingerprint density at radius 2 is 2.25 bits per heavy atom. The molecule has 0 aromatic carbocycles. The lowest BCUT2D eigenvalue weighted by atomic mass is 10.1. The average molecular weight is 247 g/mol. The molecule has 1 amide bonds. The maximum atomic E-state index is 11.5. The molecule has 92 valence electrons. The number of aromatic nitrogens is 2. The van der Waals surface area contributed by atoms with E-state index in [-0.39, 0.29) is 24.2 Å². The Morgan fingerprint density at radius 1 is 1.62 bits per heavy atom. The molecule has 3 N–H and O–H groups in total. The second kappa shape index (κ2) is 6.50. The molecule has 0 saturated carbocycles. The first-order valence-corrected chi connectivity index (χ1v) is 5.02. The second-order valence-electron chi connectivity index (χ2n) is 3.93. The van der Waals surface area contributed by atoms with Crippen molar-refractivity contribution in [2.75, 3.05) is 0 Å². The summed E-state index contributed by atoms with van der Waals surface area (Å²) in [5.41, 5.74) is 6.66. The highest BCUT2D eigenvalue weighted by Gasteiger charge is 2.16. The van der Waals surface area contributed by atoms with E-state index in [9.17, 15) is 4.79 Å². The first-order valence-electron chi connectivity index (χ1n) is 5.02. The third-order valence-corrected chi connectivity index (χ3v) is 2.39. The average Bonchev–Trinajstić information content (AvgIpc) is 2.59. The third-order valence-electron chi connectivity index (χ3n) is 2.39. The molecule has 0 saturated heterocycles. The van der Waals surface area contributed by atoms with Crippen LogP contribution in [0.5, 0.6) is 0 Å². The number of carbonyl (C=O) groups is 1. The van der Waals surface area contributed by atoms with E-state index in [1.165, 1.54) is 0 Å². The van der Waals surface area contributed by atoms with Crippen LogP contribution in [-0.4, -0.2) is 21.7 Å². The Labute approximate surface area is 102 Å². The van der Waals surface area contributed by atoms with E-state index in [1.54, 1.807) is 10.9 Å². The van der Waals surface area contributed by atoms with Crippen LogP contribution in [-0.2, 0) is 18.4 Å². The van der Waals surface area contributed by atoms with Crippen LogP contribution in [0.3, 0.4) is 0 Å². The molecule has 1 aromatic rings. The first kappa shape index (κ1) is 14.9. The number of hydrogen-bond donors (Lipinski definition) is 2. The lowest BCUT2D eigenvalue weighted by Gasteiger charge is -2.15. The predicted octanol–water partition coefficient (Wildman–Crippen LogP) is 0.441. The fourth-order valence-electron chi connectivity index (χ4n) is 1.17. The van der Waals surface area contributed by atoms with E-state index >= 15 is 0 Å². The summed E-state index contributed by atoms with van der Waals surface area (Å²) in [4.78, 5) is 11.5. The van der Waals surface area contributed by atoms with Gasteiger partial charge < -0.3 is 11.1 Å². The quantitative estimate of drug-likeness (QED) is 0.810. The van der Waals surface area contributed by atoms with E-state index in [2.05, 4.69) is 10.4 Å². The van der Waals surface area contributed by atoms with Crippen molar-refractivity contribution in [3.63, 3.8) is 0 Å². The van der Waals surface area contributed by atoms with Crippen molar-refractivity contribution >= 4 is 18.3 Å². The van der Waals surface area contributed by atoms with Crippen LogP contribution in [0.2, 0.25) is 0 Å². The van der Waals surface area contributed by atoms with Gasteiger partial charge in [0.2, 0.25) is 5.91 Å². The summed E-state index contributed by atoms with van der Waals surface area (Å²) in [6.45, 7) is 4.32. The molecule has 0 radical (unpaired) electrons. The molecule has 5 nitrogen and oxygen atoms in total. The van der Waals surface area contributed by atoms with Crippen molar-refractivity contribution in [2.45, 2.75) is 26.4 Å². The molecule has 1 unspecified atom stereocenters. The standard InChI is InChI=1S/C10H18N4O.ClH/c1-7(2)9(11)10(15)12-6-8-4-5-13-14(8)3;/h4-5,7,9H,6,11H2,1-3H3,(H,12,15);1H. The summed E-state index contributed by atoms with van der Waals surface area (Å²) >= 11 is 0. The Hall–Kier alpha value is -1.07. The molecule has 0 aliphatic heterocycles. The summed E-state index contributed by atoms with van der Waals surface area (Å²) in [6.07, 6.45) is 1.70. The molecule has 0 fully saturated rings. The highest BCUT2D eigenvalue weighted by Crippen LogP contribution is 1.99. The van der Waals surface area contributed by atoms with E-state index in [0.717, 1.165) is 5.69 Å². The zero-order valence-corrected chi connectivity index (χ0v) is 10.6. The predicted molar refractivity (Wildman–Crippen MR) is 65.1 cm³/mol. The fraction of sp³-hybridized carbons (Fsp3) is 0.600. The van der Waals surface area contributed by atoms with Gasteiger partial charge in [-0.15, -0.1) is 12.4 Å². The van der Waals surface area contributed by atoms with Gasteiger partial charge in [0.1, 0.15) is 0 Å². The summed E-state index contributed by atoms with van der Waals surface area (Å²) in [5.74, 6) is 0.0303. The van der Waals surface area contributed by atoms with Crippen molar-refractivity contribution in [2.24, 2.45) is 18.7 Å². The smallest absolute Gasteiger partial charge is 0.237 e. The Bertz CT molecular complexity index is 337. The third kappa shape index (κ3) is 3.83. The molecule has 16 heavy (non-hydrogen) atoms. The van der Waals surface area contributed by atoms with Gasteiger partial charge >= 0.3 is 0 Å². The normalized spacial score (nSPS) is 12.1. The zero-order valence-electron chi connectivity index (χ0n) is 9.80. The maximum Gasteiger partial charge on any atom is 0.237 e. The highest BCUT2D eigenvalue weighted by molar-refractivity contribution is 5.85. The highest BCUT2D eigenvalue weighted by atomic mass is 35.5. The number of nitrogens with zero attached hydrogens (tertiary/aromatic N) is 2. The summed E-state index contributed by atoms with van der Waals surface area (Å²) in [6, 6.07) is 1.42. The van der Waals surface area contributed by atoms with Gasteiger partial charge in [0, 0.05) is 13.2 Å². The SMILES string of the molecule is CC(C)C(N)C(=O)NCc1ccnn1C.Cl. The minimum Gasteiger partial charge on any atom is -0.349 e. The zero-order chi connectivity index (χ0) is 11.4. The molecule has 0 aliphatic rings. The fourth-order valence-corrected chi connectivity index (χ4v) is 1.17. The van der Waals surface area contributed by atoms with E-state index < -0.39 is 6.04 Å². The first-order chi connectivity index (χ1) is 7.02. The van der Waals surface area contributed by atoms with E-state index in [1.807, 2.05) is 27.0 Å². The molecule has 1 aromatic heterocycles. The molecule has 1 heterocycles. The Balaban J connectivity index is 0.00000225. The van der Waals surface area contributed by atoms with Gasteiger partial charge in [-0.1, -0.05) is 13.8 Å². The van der Waals surface area contributed by atoms with Crippen molar-refractivity contribution in [1.82, 2.24) is 15.1 Å². The summed E-state index contributed by atoms with van der Waals surface area (Å²) < 4.78 is 1.72. The Morgan fingerprint density at radius 3 is 2.69 bits per heavy atom. The van der Waals surface area contributed by atoms with Crippen LogP contribution in [0.15, 0.2) is 12.3 Å². The molecular weight excluding hydrogens is 228 g/mol. The van der Waals surface area contributed by atoms with Crippen LogP contribution in [0.1, 0.15) is 19.5 Å². The number of carbonyl (C=O) groups excluding carboxylic acids is 1. The van der Waals surface area contributed by atoms with E-state index in [4.69, 9.17) is 5.73 Å².